The SMILES string of the molecule is O=Cc1nc(I)c(OC(F)(F)F)cc1CCl. The summed E-state index contributed by atoms with van der Waals surface area (Å²) >= 11 is 7.01. The molecule has 0 atom stereocenters. The highest BCUT2D eigenvalue weighted by atomic mass is 127. The smallest absolute Gasteiger partial charge is 0.403 e. The van der Waals surface area contributed by atoms with Gasteiger partial charge in [-0.2, -0.15) is 0 Å². The molecule has 0 unspecified atom stereocenters. The van der Waals surface area contributed by atoms with E-state index in [1.54, 1.807) is 22.6 Å². The Bertz CT molecular complexity index is 411. The van der Waals surface area contributed by atoms with Gasteiger partial charge in [-0.25, -0.2) is 4.98 Å². The lowest BCUT2D eigenvalue weighted by Gasteiger charge is -2.11. The van der Waals surface area contributed by atoms with Gasteiger partial charge in [-0.1, -0.05) is 0 Å². The van der Waals surface area contributed by atoms with Gasteiger partial charge in [0.2, 0.25) is 0 Å². The first-order valence-corrected chi connectivity index (χ1v) is 5.45. The minimum Gasteiger partial charge on any atom is -0.403 e. The fourth-order valence-electron chi connectivity index (χ4n) is 0.930. The van der Waals surface area contributed by atoms with Crippen LogP contribution in [-0.4, -0.2) is 17.6 Å². The van der Waals surface area contributed by atoms with E-state index in [1.165, 1.54) is 0 Å². The van der Waals surface area contributed by atoms with Crippen LogP contribution >= 0.6 is 34.2 Å². The molecule has 0 fully saturated rings. The third kappa shape index (κ3) is 3.48. The molecule has 0 aliphatic rings. The van der Waals surface area contributed by atoms with Crippen LogP contribution < -0.4 is 4.74 Å². The van der Waals surface area contributed by atoms with Crippen molar-refractivity contribution in [3.05, 3.63) is 21.0 Å². The van der Waals surface area contributed by atoms with Gasteiger partial charge >= 0.3 is 6.36 Å². The van der Waals surface area contributed by atoms with E-state index >= 15 is 0 Å². The minimum atomic E-state index is -4.80. The van der Waals surface area contributed by atoms with Gasteiger partial charge in [0.25, 0.3) is 0 Å². The molecular formula is C8H4ClF3INO2. The summed E-state index contributed by atoms with van der Waals surface area (Å²) < 4.78 is 39.6. The number of carbonyl (C=O) groups excluding carboxylic acids is 1. The molecule has 0 aliphatic carbocycles. The number of nitrogens with zero attached hydrogens (tertiary/aromatic N) is 1. The topological polar surface area (TPSA) is 39.2 Å². The maximum absolute atomic E-state index is 12.0. The van der Waals surface area contributed by atoms with Crippen LogP contribution in [0.2, 0.25) is 0 Å². The predicted octanol–water partition coefficient (Wildman–Crippen LogP) is 3.14. The number of hydrogen-bond donors (Lipinski definition) is 0. The third-order valence-corrected chi connectivity index (χ3v) is 2.60. The lowest BCUT2D eigenvalue weighted by molar-refractivity contribution is -0.275. The second-order valence-corrected chi connectivity index (χ2v) is 3.91. The summed E-state index contributed by atoms with van der Waals surface area (Å²) in [4.78, 5) is 14.2. The predicted molar refractivity (Wildman–Crippen MR) is 58.6 cm³/mol. The van der Waals surface area contributed by atoms with Crippen LogP contribution in [0, 0.1) is 3.70 Å². The molecule has 0 saturated heterocycles. The monoisotopic (exact) mass is 365 g/mol. The molecule has 3 nitrogen and oxygen atoms in total. The van der Waals surface area contributed by atoms with Crippen molar-refractivity contribution in [3.63, 3.8) is 0 Å². The molecule has 1 aromatic heterocycles. The Balaban J connectivity index is 3.16. The van der Waals surface area contributed by atoms with Crippen LogP contribution in [0.4, 0.5) is 13.2 Å². The molecule has 1 rings (SSSR count). The quantitative estimate of drug-likeness (QED) is 0.358. The molecule has 0 radical (unpaired) electrons. The van der Waals surface area contributed by atoms with Gasteiger partial charge < -0.3 is 4.74 Å². The average molecular weight is 365 g/mol. The van der Waals surface area contributed by atoms with Crippen molar-refractivity contribution in [1.82, 2.24) is 4.98 Å². The van der Waals surface area contributed by atoms with Gasteiger partial charge in [-0.3, -0.25) is 4.79 Å². The van der Waals surface area contributed by atoms with E-state index < -0.39 is 12.1 Å². The molecule has 1 aromatic rings. The van der Waals surface area contributed by atoms with E-state index in [-0.39, 0.29) is 20.8 Å². The van der Waals surface area contributed by atoms with Crippen LogP contribution in [0.25, 0.3) is 0 Å². The van der Waals surface area contributed by atoms with Gasteiger partial charge in [-0.05, 0) is 34.2 Å². The summed E-state index contributed by atoms with van der Waals surface area (Å²) in [6.45, 7) is 0. The van der Waals surface area contributed by atoms with E-state index in [0.29, 0.717) is 6.29 Å². The summed E-state index contributed by atoms with van der Waals surface area (Å²) in [5.74, 6) is -0.582. The van der Waals surface area contributed by atoms with Crippen molar-refractivity contribution >= 4 is 40.5 Å². The number of carbonyl (C=O) groups is 1. The number of rotatable bonds is 3. The highest BCUT2D eigenvalue weighted by Gasteiger charge is 2.32. The van der Waals surface area contributed by atoms with Crippen molar-refractivity contribution < 1.29 is 22.7 Å². The molecular weight excluding hydrogens is 361 g/mol. The maximum atomic E-state index is 12.0. The second kappa shape index (κ2) is 5.17. The first kappa shape index (κ1) is 13.5. The normalized spacial score (nSPS) is 11.3. The molecule has 16 heavy (non-hydrogen) atoms. The van der Waals surface area contributed by atoms with Gasteiger partial charge in [0.05, 0.1) is 0 Å². The first-order valence-electron chi connectivity index (χ1n) is 3.83. The van der Waals surface area contributed by atoms with E-state index in [0.717, 1.165) is 6.07 Å². The Labute approximate surface area is 107 Å². The lowest BCUT2D eigenvalue weighted by atomic mass is 10.2. The third-order valence-electron chi connectivity index (χ3n) is 1.54. The van der Waals surface area contributed by atoms with Gasteiger partial charge in [0.1, 0.15) is 9.39 Å². The number of halogens is 5. The van der Waals surface area contributed by atoms with Crippen LogP contribution in [0.5, 0.6) is 5.75 Å². The highest BCUT2D eigenvalue weighted by Crippen LogP contribution is 2.28. The summed E-state index contributed by atoms with van der Waals surface area (Å²) in [6.07, 6.45) is -4.37. The summed E-state index contributed by atoms with van der Waals surface area (Å²) in [6, 6.07) is 1.05. The molecule has 0 N–H and O–H groups in total. The number of hydrogen-bond acceptors (Lipinski definition) is 3. The molecule has 1 heterocycles. The largest absolute Gasteiger partial charge is 0.573 e. The molecule has 0 amide bonds. The summed E-state index contributed by atoms with van der Waals surface area (Å²) in [5, 5.41) is 0. The number of aldehydes is 1. The lowest BCUT2D eigenvalue weighted by Crippen LogP contribution is -2.18. The van der Waals surface area contributed by atoms with E-state index in [1.807, 2.05) is 0 Å². The zero-order chi connectivity index (χ0) is 12.3. The van der Waals surface area contributed by atoms with E-state index in [4.69, 9.17) is 11.6 Å². The highest BCUT2D eigenvalue weighted by molar-refractivity contribution is 14.1. The fourth-order valence-corrected chi connectivity index (χ4v) is 1.67. The van der Waals surface area contributed by atoms with Crippen molar-refractivity contribution in [2.24, 2.45) is 0 Å². The Morgan fingerprint density at radius 1 is 1.56 bits per heavy atom. The van der Waals surface area contributed by atoms with Crippen molar-refractivity contribution in [3.8, 4) is 5.75 Å². The molecule has 0 saturated carbocycles. The van der Waals surface area contributed by atoms with E-state index in [2.05, 4.69) is 9.72 Å². The van der Waals surface area contributed by atoms with Crippen LogP contribution in [-0.2, 0) is 5.88 Å². The number of pyridine rings is 1. The van der Waals surface area contributed by atoms with Crippen LogP contribution in [0.3, 0.4) is 0 Å². The number of alkyl halides is 4. The first-order chi connectivity index (χ1) is 7.37. The molecule has 88 valence electrons. The van der Waals surface area contributed by atoms with Crippen molar-refractivity contribution in [2.45, 2.75) is 12.2 Å². The zero-order valence-corrected chi connectivity index (χ0v) is 10.4. The average Bonchev–Trinajstić information content (AvgIpc) is 2.18. The van der Waals surface area contributed by atoms with Crippen molar-refractivity contribution in [2.75, 3.05) is 0 Å². The molecule has 0 aliphatic heterocycles. The van der Waals surface area contributed by atoms with Crippen molar-refractivity contribution in [1.29, 1.82) is 0 Å². The van der Waals surface area contributed by atoms with Crippen LogP contribution in [0.1, 0.15) is 16.1 Å². The Kier molecular flexibility index (Phi) is 4.36. The summed E-state index contributed by atoms with van der Waals surface area (Å²) in [7, 11) is 0. The molecule has 0 aromatic carbocycles. The standard InChI is InChI=1S/C8H4ClF3INO2/c9-2-4-1-6(16-8(10,11)12)7(13)14-5(4)3-15/h1,3H,2H2. The second-order valence-electron chi connectivity index (χ2n) is 2.62. The van der Waals surface area contributed by atoms with Gasteiger partial charge in [-0.15, -0.1) is 24.8 Å². The van der Waals surface area contributed by atoms with Gasteiger partial charge in [0, 0.05) is 5.88 Å². The Morgan fingerprint density at radius 2 is 2.19 bits per heavy atom. The summed E-state index contributed by atoms with van der Waals surface area (Å²) in [5.41, 5.74) is 0.199. The minimum absolute atomic E-state index is 0.00826. The van der Waals surface area contributed by atoms with Gasteiger partial charge in [0.15, 0.2) is 12.0 Å². The number of ether oxygens (including phenoxy) is 1. The maximum Gasteiger partial charge on any atom is 0.573 e. The Hall–Kier alpha value is -0.570. The Morgan fingerprint density at radius 3 is 2.62 bits per heavy atom. The fraction of sp³-hybridized carbons (Fsp3) is 0.250. The molecule has 0 bridgehead atoms. The molecule has 8 heteroatoms. The molecule has 0 spiro atoms. The van der Waals surface area contributed by atoms with E-state index in [9.17, 15) is 18.0 Å². The van der Waals surface area contributed by atoms with Crippen LogP contribution in [0.15, 0.2) is 6.07 Å². The zero-order valence-electron chi connectivity index (χ0n) is 7.52. The number of aromatic nitrogens is 1.